The molecule has 4 aromatic rings. The first-order chi connectivity index (χ1) is 15.0. The lowest BCUT2D eigenvalue weighted by atomic mass is 10.1. The van der Waals surface area contributed by atoms with Crippen molar-refractivity contribution < 1.29 is 14.6 Å². The Kier molecular flexibility index (Phi) is 5.39. The van der Waals surface area contributed by atoms with Crippen molar-refractivity contribution in [2.75, 3.05) is 17.7 Å². The van der Waals surface area contributed by atoms with Crippen molar-refractivity contribution in [1.29, 1.82) is 0 Å². The summed E-state index contributed by atoms with van der Waals surface area (Å²) in [6, 6.07) is 8.89. The highest BCUT2D eigenvalue weighted by Crippen LogP contribution is 2.36. The Bertz CT molecular complexity index is 1230. The van der Waals surface area contributed by atoms with Gasteiger partial charge in [0.1, 0.15) is 11.9 Å². The first kappa shape index (κ1) is 19.8. The van der Waals surface area contributed by atoms with Crippen LogP contribution in [0.15, 0.2) is 55.2 Å². The first-order valence-electron chi connectivity index (χ1n) is 9.12. The number of rotatable bonds is 7. The molecule has 0 aliphatic carbocycles. The number of carboxylic acid groups (broad SMARTS) is 1. The molecule has 156 valence electrons. The topological polar surface area (TPSA) is 140 Å². The number of pyridine rings is 1. The number of carboxylic acids is 1. The van der Waals surface area contributed by atoms with Crippen LogP contribution in [-0.2, 0) is 7.05 Å². The van der Waals surface area contributed by atoms with E-state index in [1.54, 1.807) is 54.7 Å². The third-order valence-electron chi connectivity index (χ3n) is 4.25. The van der Waals surface area contributed by atoms with Crippen molar-refractivity contribution in [3.05, 3.63) is 60.8 Å². The molecule has 0 amide bonds. The molecule has 11 nitrogen and oxygen atoms in total. The third-order valence-corrected chi connectivity index (χ3v) is 4.25. The normalized spacial score (nSPS) is 10.5. The number of para-hydroxylation sites is 1. The van der Waals surface area contributed by atoms with Crippen LogP contribution in [0.1, 0.15) is 10.4 Å². The first-order valence-corrected chi connectivity index (χ1v) is 9.12. The Balaban J connectivity index is 1.72. The minimum Gasteiger partial charge on any atom is -0.494 e. The van der Waals surface area contributed by atoms with Crippen molar-refractivity contribution in [2.45, 2.75) is 0 Å². The highest BCUT2D eigenvalue weighted by molar-refractivity contribution is 5.94. The van der Waals surface area contributed by atoms with Gasteiger partial charge in [0.2, 0.25) is 5.95 Å². The van der Waals surface area contributed by atoms with E-state index in [0.717, 1.165) is 0 Å². The van der Waals surface area contributed by atoms with E-state index in [0.29, 0.717) is 28.5 Å². The highest BCUT2D eigenvalue weighted by Gasteiger charge is 2.19. The van der Waals surface area contributed by atoms with Gasteiger partial charge in [0.25, 0.3) is 0 Å². The Hall–Kier alpha value is -4.54. The van der Waals surface area contributed by atoms with Crippen LogP contribution in [0.5, 0.6) is 5.75 Å². The number of ether oxygens (including phenoxy) is 1. The average Bonchev–Trinajstić information content (AvgIpc) is 3.20. The van der Waals surface area contributed by atoms with Gasteiger partial charge < -0.3 is 20.5 Å². The van der Waals surface area contributed by atoms with Gasteiger partial charge >= 0.3 is 5.97 Å². The molecule has 0 atom stereocenters. The maximum Gasteiger partial charge on any atom is 0.341 e. The minimum atomic E-state index is -1.17. The van der Waals surface area contributed by atoms with Crippen LogP contribution in [0, 0.1) is 0 Å². The van der Waals surface area contributed by atoms with Crippen molar-refractivity contribution in [3.8, 4) is 17.1 Å². The Labute approximate surface area is 176 Å². The van der Waals surface area contributed by atoms with Gasteiger partial charge in [0, 0.05) is 19.4 Å². The summed E-state index contributed by atoms with van der Waals surface area (Å²) in [4.78, 5) is 28.4. The van der Waals surface area contributed by atoms with Crippen molar-refractivity contribution in [3.63, 3.8) is 0 Å². The smallest absolute Gasteiger partial charge is 0.341 e. The Morgan fingerprint density at radius 2 is 2.00 bits per heavy atom. The molecule has 3 aromatic heterocycles. The molecule has 0 fully saturated rings. The van der Waals surface area contributed by atoms with Crippen LogP contribution >= 0.6 is 0 Å². The number of benzene rings is 1. The van der Waals surface area contributed by atoms with E-state index in [2.05, 4.69) is 35.7 Å². The summed E-state index contributed by atoms with van der Waals surface area (Å²) in [6.45, 7) is 0. The number of nitrogens with zero attached hydrogens (tertiary/aromatic N) is 6. The van der Waals surface area contributed by atoms with E-state index >= 15 is 0 Å². The molecule has 0 saturated carbocycles. The second kappa shape index (κ2) is 8.45. The van der Waals surface area contributed by atoms with E-state index in [1.807, 2.05) is 6.07 Å². The molecule has 4 rings (SSSR count). The second-order valence-electron chi connectivity index (χ2n) is 6.38. The fraction of sp³-hybridized carbons (Fsp3) is 0.100. The number of hydrogen-bond donors (Lipinski definition) is 3. The predicted octanol–water partition coefficient (Wildman–Crippen LogP) is 2.86. The lowest BCUT2D eigenvalue weighted by molar-refractivity contribution is 0.0697. The summed E-state index contributed by atoms with van der Waals surface area (Å²) in [6.07, 6.45) is 6.06. The van der Waals surface area contributed by atoms with Crippen molar-refractivity contribution in [2.24, 2.45) is 7.05 Å². The van der Waals surface area contributed by atoms with Crippen LogP contribution in [-0.4, -0.2) is 47.9 Å². The van der Waals surface area contributed by atoms with E-state index in [4.69, 9.17) is 4.74 Å². The molecule has 3 heterocycles. The molecule has 0 radical (unpaired) electrons. The zero-order valence-electron chi connectivity index (χ0n) is 16.6. The van der Waals surface area contributed by atoms with Crippen LogP contribution in [0.3, 0.4) is 0 Å². The Morgan fingerprint density at radius 3 is 2.68 bits per heavy atom. The zero-order chi connectivity index (χ0) is 21.8. The lowest BCUT2D eigenvalue weighted by Crippen LogP contribution is -2.09. The van der Waals surface area contributed by atoms with Gasteiger partial charge in [-0.1, -0.05) is 6.07 Å². The molecule has 0 spiro atoms. The van der Waals surface area contributed by atoms with Gasteiger partial charge in [-0.2, -0.15) is 10.1 Å². The summed E-state index contributed by atoms with van der Waals surface area (Å²) in [5.74, 6) is 0.0609. The van der Waals surface area contributed by atoms with Gasteiger partial charge in [-0.25, -0.2) is 14.8 Å². The summed E-state index contributed by atoms with van der Waals surface area (Å²) in [7, 11) is 3.28. The minimum absolute atomic E-state index is 0.0957. The number of aromatic nitrogens is 6. The number of nitrogens with one attached hydrogen (secondary N) is 2. The third kappa shape index (κ3) is 4.24. The molecule has 11 heteroatoms. The van der Waals surface area contributed by atoms with Crippen LogP contribution in [0.25, 0.3) is 11.4 Å². The van der Waals surface area contributed by atoms with Crippen molar-refractivity contribution >= 4 is 29.1 Å². The number of hydrogen-bond acceptors (Lipinski definition) is 9. The summed E-state index contributed by atoms with van der Waals surface area (Å²) in [5, 5.41) is 19.9. The van der Waals surface area contributed by atoms with E-state index in [1.165, 1.54) is 13.3 Å². The van der Waals surface area contributed by atoms with Gasteiger partial charge in [-0.3, -0.25) is 9.67 Å². The molecule has 0 unspecified atom stereocenters. The fourth-order valence-electron chi connectivity index (χ4n) is 2.88. The van der Waals surface area contributed by atoms with Gasteiger partial charge in [0.15, 0.2) is 17.4 Å². The standard InChI is InChI=1S/C20H18N8O3/c1-28-11-23-17(27-28)13-6-3-7-15(16(13)31-2)25-18-14(19(29)30)10-22-20(26-18)24-12-5-4-8-21-9-12/h3-11H,1-2H3,(H,29,30)(H2,22,24,25,26). The maximum atomic E-state index is 11.7. The molecule has 31 heavy (non-hydrogen) atoms. The number of anilines is 4. The summed E-state index contributed by atoms with van der Waals surface area (Å²) >= 11 is 0. The van der Waals surface area contributed by atoms with Crippen molar-refractivity contribution in [1.82, 2.24) is 29.7 Å². The molecular formula is C20H18N8O3. The van der Waals surface area contributed by atoms with Crippen LogP contribution in [0.4, 0.5) is 23.1 Å². The van der Waals surface area contributed by atoms with E-state index in [9.17, 15) is 9.90 Å². The Morgan fingerprint density at radius 1 is 1.13 bits per heavy atom. The highest BCUT2D eigenvalue weighted by atomic mass is 16.5. The molecular weight excluding hydrogens is 400 g/mol. The quantitative estimate of drug-likeness (QED) is 0.410. The second-order valence-corrected chi connectivity index (χ2v) is 6.38. The number of aromatic carboxylic acids is 1. The molecule has 3 N–H and O–H groups in total. The largest absolute Gasteiger partial charge is 0.494 e. The van der Waals surface area contributed by atoms with Gasteiger partial charge in [0.05, 0.1) is 30.2 Å². The molecule has 0 aliphatic rings. The van der Waals surface area contributed by atoms with Crippen LogP contribution < -0.4 is 15.4 Å². The predicted molar refractivity (Wildman–Crippen MR) is 113 cm³/mol. The SMILES string of the molecule is COc1c(Nc2nc(Nc3cccnc3)ncc2C(=O)O)cccc1-c1ncn(C)n1. The fourth-order valence-corrected chi connectivity index (χ4v) is 2.88. The maximum absolute atomic E-state index is 11.7. The summed E-state index contributed by atoms with van der Waals surface area (Å²) in [5.41, 5.74) is 1.71. The number of methoxy groups -OCH3 is 1. The monoisotopic (exact) mass is 418 g/mol. The van der Waals surface area contributed by atoms with E-state index in [-0.39, 0.29) is 17.3 Å². The number of carbonyl (C=O) groups is 1. The average molecular weight is 418 g/mol. The van der Waals surface area contributed by atoms with E-state index < -0.39 is 5.97 Å². The van der Waals surface area contributed by atoms with Gasteiger partial charge in [-0.15, -0.1) is 0 Å². The molecule has 0 bridgehead atoms. The molecule has 0 saturated heterocycles. The summed E-state index contributed by atoms with van der Waals surface area (Å²) < 4.78 is 7.15. The van der Waals surface area contributed by atoms with Gasteiger partial charge in [-0.05, 0) is 24.3 Å². The number of aryl methyl sites for hydroxylation is 1. The molecule has 1 aromatic carbocycles. The lowest BCUT2D eigenvalue weighted by Gasteiger charge is -2.15. The van der Waals surface area contributed by atoms with Crippen LogP contribution in [0.2, 0.25) is 0 Å². The molecule has 0 aliphatic heterocycles. The zero-order valence-corrected chi connectivity index (χ0v) is 16.6.